The van der Waals surface area contributed by atoms with Gasteiger partial charge in [-0.2, -0.15) is 0 Å². The summed E-state index contributed by atoms with van der Waals surface area (Å²) in [6.07, 6.45) is 3.62. The molecular formula is C31H44ClN5O5. The molecule has 1 aliphatic carbocycles. The standard InChI is InChI=1S/C31H43N5O5.ClH/c1-20-8-6-7-9-25(20)33-29(39)34-26-13-12-23(17-27(26)41-5)19-35-30(40)36(28(38)31(35,3)4)24(16-22-10-11-22)18-32-21(2)14-15-37;/h6-9,12-13,17,21-22,24,32,37H,10-11,14-16,18-19H2,1-5H3,(H2,33,34,39);1H. The van der Waals surface area contributed by atoms with E-state index in [0.717, 1.165) is 30.4 Å². The highest BCUT2D eigenvalue weighted by Gasteiger charge is 2.53. The molecular weight excluding hydrogens is 558 g/mol. The summed E-state index contributed by atoms with van der Waals surface area (Å²) in [5.74, 6) is 0.770. The number of aryl methyl sites for hydroxylation is 1. The highest BCUT2D eigenvalue weighted by atomic mass is 35.5. The van der Waals surface area contributed by atoms with E-state index in [9.17, 15) is 19.5 Å². The number of halogens is 1. The minimum absolute atomic E-state index is 0. The number of carbonyl (C=O) groups is 3. The number of rotatable bonds is 13. The van der Waals surface area contributed by atoms with Gasteiger partial charge in [-0.05, 0) is 75.8 Å². The van der Waals surface area contributed by atoms with Crippen molar-refractivity contribution < 1.29 is 24.2 Å². The Kier molecular flexibility index (Phi) is 11.2. The quantitative estimate of drug-likeness (QED) is 0.236. The molecule has 2 aliphatic rings. The highest BCUT2D eigenvalue weighted by molar-refractivity contribution is 6.07. The average Bonchev–Trinajstić information content (AvgIpc) is 3.73. The predicted molar refractivity (Wildman–Crippen MR) is 166 cm³/mol. The molecule has 2 unspecified atom stereocenters. The number of urea groups is 2. The maximum absolute atomic E-state index is 13.8. The van der Waals surface area contributed by atoms with Crippen molar-refractivity contribution in [2.75, 3.05) is 30.9 Å². The zero-order chi connectivity index (χ0) is 29.7. The van der Waals surface area contributed by atoms with Crippen molar-refractivity contribution in [3.05, 3.63) is 53.6 Å². The molecule has 1 aliphatic heterocycles. The SMILES string of the molecule is COc1cc(CN2C(=O)N(C(CNC(C)CCO)CC3CC3)C(=O)C2(C)C)ccc1NC(=O)Nc1ccccc1C.Cl. The normalized spacial score (nSPS) is 17.5. The number of aliphatic hydroxyl groups excluding tert-OH is 1. The molecule has 0 radical (unpaired) electrons. The Morgan fingerprint density at radius 2 is 1.81 bits per heavy atom. The molecule has 2 aromatic carbocycles. The van der Waals surface area contributed by atoms with Gasteiger partial charge in [-0.3, -0.25) is 9.69 Å². The van der Waals surface area contributed by atoms with Crippen molar-refractivity contribution in [2.45, 2.75) is 77.5 Å². The number of hydrogen-bond donors (Lipinski definition) is 4. The average molecular weight is 602 g/mol. The Morgan fingerprint density at radius 1 is 1.12 bits per heavy atom. The van der Waals surface area contributed by atoms with Crippen LogP contribution in [0.15, 0.2) is 42.5 Å². The van der Waals surface area contributed by atoms with E-state index in [1.807, 2.05) is 44.2 Å². The van der Waals surface area contributed by atoms with Crippen molar-refractivity contribution in [1.29, 1.82) is 0 Å². The largest absolute Gasteiger partial charge is 0.495 e. The second-order valence-corrected chi connectivity index (χ2v) is 11.7. The zero-order valence-corrected chi connectivity index (χ0v) is 25.9. The summed E-state index contributed by atoms with van der Waals surface area (Å²) in [5.41, 5.74) is 1.90. The van der Waals surface area contributed by atoms with Crippen molar-refractivity contribution in [2.24, 2.45) is 5.92 Å². The van der Waals surface area contributed by atoms with Crippen molar-refractivity contribution in [3.63, 3.8) is 0 Å². The van der Waals surface area contributed by atoms with Crippen molar-refractivity contribution in [3.8, 4) is 5.75 Å². The molecule has 230 valence electrons. The molecule has 42 heavy (non-hydrogen) atoms. The van der Waals surface area contributed by atoms with Gasteiger partial charge in [0.05, 0.1) is 18.8 Å². The van der Waals surface area contributed by atoms with Crippen LogP contribution in [0, 0.1) is 12.8 Å². The van der Waals surface area contributed by atoms with Crippen LogP contribution in [0.1, 0.15) is 57.6 Å². The molecule has 2 aromatic rings. The molecule has 11 heteroatoms. The van der Waals surface area contributed by atoms with Crippen molar-refractivity contribution >= 4 is 41.8 Å². The van der Waals surface area contributed by atoms with Gasteiger partial charge < -0.3 is 30.7 Å². The number of methoxy groups -OCH3 is 1. The number of imide groups is 1. The van der Waals surface area contributed by atoms with Gasteiger partial charge in [-0.15, -0.1) is 12.4 Å². The number of amides is 5. The van der Waals surface area contributed by atoms with E-state index in [1.165, 1.54) is 12.0 Å². The number of benzene rings is 2. The number of carbonyl (C=O) groups excluding carboxylic acids is 3. The van der Waals surface area contributed by atoms with E-state index in [4.69, 9.17) is 4.74 Å². The molecule has 0 spiro atoms. The summed E-state index contributed by atoms with van der Waals surface area (Å²) in [7, 11) is 1.52. The topological polar surface area (TPSA) is 123 Å². The molecule has 4 rings (SSSR count). The van der Waals surface area contributed by atoms with Gasteiger partial charge in [0.1, 0.15) is 11.3 Å². The Bertz CT molecular complexity index is 1270. The first-order valence-corrected chi connectivity index (χ1v) is 14.3. The predicted octanol–water partition coefficient (Wildman–Crippen LogP) is 5.14. The number of hydrogen-bond acceptors (Lipinski definition) is 6. The van der Waals surface area contributed by atoms with Crippen LogP contribution in [0.3, 0.4) is 0 Å². The lowest BCUT2D eigenvalue weighted by Gasteiger charge is -2.28. The van der Waals surface area contributed by atoms with E-state index in [2.05, 4.69) is 16.0 Å². The van der Waals surface area contributed by atoms with Gasteiger partial charge in [-0.25, -0.2) is 9.59 Å². The summed E-state index contributed by atoms with van der Waals surface area (Å²) in [6, 6.07) is 12.0. The van der Waals surface area contributed by atoms with Crippen LogP contribution in [-0.2, 0) is 11.3 Å². The molecule has 2 atom stereocenters. The van der Waals surface area contributed by atoms with Gasteiger partial charge in [-0.1, -0.05) is 37.1 Å². The lowest BCUT2D eigenvalue weighted by Crippen LogP contribution is -2.49. The molecule has 0 bridgehead atoms. The molecule has 1 saturated carbocycles. The third-order valence-corrected chi connectivity index (χ3v) is 8.03. The number of ether oxygens (including phenoxy) is 1. The molecule has 0 aromatic heterocycles. The number of para-hydroxylation sites is 1. The smallest absolute Gasteiger partial charge is 0.328 e. The minimum Gasteiger partial charge on any atom is -0.495 e. The fourth-order valence-corrected chi connectivity index (χ4v) is 5.21. The van der Waals surface area contributed by atoms with Gasteiger partial charge in [0.2, 0.25) is 0 Å². The third kappa shape index (κ3) is 7.73. The van der Waals surface area contributed by atoms with Crippen LogP contribution < -0.4 is 20.7 Å². The van der Waals surface area contributed by atoms with Gasteiger partial charge >= 0.3 is 12.1 Å². The van der Waals surface area contributed by atoms with E-state index in [1.54, 1.807) is 30.9 Å². The van der Waals surface area contributed by atoms with E-state index < -0.39 is 11.6 Å². The fraction of sp³-hybridized carbons (Fsp3) is 0.516. The lowest BCUT2D eigenvalue weighted by molar-refractivity contribution is -0.133. The summed E-state index contributed by atoms with van der Waals surface area (Å²) in [4.78, 5) is 43.1. The fourth-order valence-electron chi connectivity index (χ4n) is 5.21. The Hall–Kier alpha value is -3.34. The monoisotopic (exact) mass is 601 g/mol. The van der Waals surface area contributed by atoms with Crippen LogP contribution in [0.25, 0.3) is 0 Å². The van der Waals surface area contributed by atoms with E-state index in [0.29, 0.717) is 36.0 Å². The second-order valence-electron chi connectivity index (χ2n) is 11.7. The maximum Gasteiger partial charge on any atom is 0.328 e. The lowest BCUT2D eigenvalue weighted by atomic mass is 10.0. The van der Waals surface area contributed by atoms with Crippen LogP contribution in [0.4, 0.5) is 21.0 Å². The zero-order valence-electron chi connectivity index (χ0n) is 25.1. The number of nitrogens with one attached hydrogen (secondary N) is 3. The van der Waals surface area contributed by atoms with Gasteiger partial charge in [0.15, 0.2) is 0 Å². The van der Waals surface area contributed by atoms with E-state index >= 15 is 0 Å². The number of aliphatic hydroxyl groups is 1. The Balaban J connectivity index is 0.00000484. The first-order chi connectivity index (χ1) is 19.5. The van der Waals surface area contributed by atoms with Crippen molar-refractivity contribution in [1.82, 2.24) is 15.1 Å². The van der Waals surface area contributed by atoms with Crippen LogP contribution in [0.2, 0.25) is 0 Å². The number of nitrogens with zero attached hydrogens (tertiary/aromatic N) is 2. The first kappa shape index (κ1) is 33.2. The summed E-state index contributed by atoms with van der Waals surface area (Å²) in [6.45, 7) is 8.27. The molecule has 10 nitrogen and oxygen atoms in total. The van der Waals surface area contributed by atoms with E-state index in [-0.39, 0.29) is 49.6 Å². The Morgan fingerprint density at radius 3 is 2.45 bits per heavy atom. The van der Waals surface area contributed by atoms with Crippen LogP contribution in [-0.4, -0.2) is 70.8 Å². The number of anilines is 2. The van der Waals surface area contributed by atoms with Crippen LogP contribution in [0.5, 0.6) is 5.75 Å². The highest BCUT2D eigenvalue weighted by Crippen LogP contribution is 2.38. The van der Waals surface area contributed by atoms with Gasteiger partial charge in [0.25, 0.3) is 5.91 Å². The first-order valence-electron chi connectivity index (χ1n) is 14.3. The molecule has 5 amide bonds. The molecule has 1 heterocycles. The summed E-state index contributed by atoms with van der Waals surface area (Å²) >= 11 is 0. The minimum atomic E-state index is -1.02. The molecule has 2 fully saturated rings. The summed E-state index contributed by atoms with van der Waals surface area (Å²) in [5, 5.41) is 18.3. The third-order valence-electron chi connectivity index (χ3n) is 8.03. The van der Waals surface area contributed by atoms with Gasteiger partial charge in [0, 0.05) is 31.4 Å². The van der Waals surface area contributed by atoms with Crippen LogP contribution >= 0.6 is 12.4 Å². The Labute approximate surface area is 254 Å². The second kappa shape index (κ2) is 14.2. The maximum atomic E-state index is 13.8. The molecule has 4 N–H and O–H groups in total. The summed E-state index contributed by atoms with van der Waals surface area (Å²) < 4.78 is 5.56. The molecule has 1 saturated heterocycles.